The number of carbonyl (C=O) groups excluding carboxylic acids is 1. The van der Waals surface area contributed by atoms with Gasteiger partial charge in [-0.25, -0.2) is 0 Å². The topological polar surface area (TPSA) is 41.6 Å². The molecule has 0 saturated carbocycles. The van der Waals surface area contributed by atoms with Crippen LogP contribution in [0.5, 0.6) is 5.75 Å². The lowest BCUT2D eigenvalue weighted by atomic mass is 10.2. The van der Waals surface area contributed by atoms with Crippen molar-refractivity contribution in [2.45, 2.75) is 26.3 Å². The van der Waals surface area contributed by atoms with Gasteiger partial charge < -0.3 is 15.0 Å². The van der Waals surface area contributed by atoms with Crippen LogP contribution in [-0.4, -0.2) is 25.6 Å². The van der Waals surface area contributed by atoms with Crippen LogP contribution in [0.25, 0.3) is 0 Å². The van der Waals surface area contributed by atoms with Gasteiger partial charge in [0.2, 0.25) is 0 Å². The van der Waals surface area contributed by atoms with Gasteiger partial charge >= 0.3 is 0 Å². The van der Waals surface area contributed by atoms with Crippen LogP contribution in [-0.2, 0) is 11.3 Å². The molecule has 1 saturated heterocycles. The summed E-state index contributed by atoms with van der Waals surface area (Å²) in [6.45, 7) is 4.82. The molecular weight excluding hydrogens is 300 g/mol. The van der Waals surface area contributed by atoms with E-state index in [2.05, 4.69) is 34.5 Å². The fourth-order valence-electron chi connectivity index (χ4n) is 2.91. The maximum atomic E-state index is 11.9. The molecule has 1 heterocycles. The van der Waals surface area contributed by atoms with Gasteiger partial charge in [-0.05, 0) is 49.1 Å². The Bertz CT molecular complexity index is 676. The van der Waals surface area contributed by atoms with E-state index in [0.717, 1.165) is 30.0 Å². The summed E-state index contributed by atoms with van der Waals surface area (Å²) < 4.78 is 5.55. The van der Waals surface area contributed by atoms with Crippen molar-refractivity contribution in [3.63, 3.8) is 0 Å². The zero-order valence-corrected chi connectivity index (χ0v) is 14.1. The molecule has 1 N–H and O–H groups in total. The lowest BCUT2D eigenvalue weighted by molar-refractivity contribution is -0.123. The smallest absolute Gasteiger partial charge is 0.258 e. The average molecular weight is 324 g/mol. The SMILES string of the molecule is Cc1ccccc1OCC(=O)NCc1ccc(N2CCCC2)cc1. The summed E-state index contributed by atoms with van der Waals surface area (Å²) in [6.07, 6.45) is 2.55. The third-order valence-corrected chi connectivity index (χ3v) is 4.35. The maximum absolute atomic E-state index is 11.9. The summed E-state index contributed by atoms with van der Waals surface area (Å²) >= 11 is 0. The standard InChI is InChI=1S/C20H24N2O2/c1-16-6-2-3-7-19(16)24-15-20(23)21-14-17-8-10-18(11-9-17)22-12-4-5-13-22/h2-3,6-11H,4-5,12-15H2,1H3,(H,21,23). The van der Waals surface area contributed by atoms with Crippen LogP contribution < -0.4 is 15.0 Å². The van der Waals surface area contributed by atoms with Crippen LogP contribution in [0, 0.1) is 6.92 Å². The van der Waals surface area contributed by atoms with Crippen LogP contribution in [0.2, 0.25) is 0 Å². The minimum atomic E-state index is -0.109. The van der Waals surface area contributed by atoms with Crippen LogP contribution in [0.4, 0.5) is 5.69 Å². The first-order valence-electron chi connectivity index (χ1n) is 8.51. The molecule has 0 bridgehead atoms. The van der Waals surface area contributed by atoms with Crippen molar-refractivity contribution in [1.82, 2.24) is 5.32 Å². The lowest BCUT2D eigenvalue weighted by Crippen LogP contribution is -2.28. The molecule has 0 radical (unpaired) electrons. The molecule has 1 fully saturated rings. The average Bonchev–Trinajstić information content (AvgIpc) is 3.14. The van der Waals surface area contributed by atoms with Gasteiger partial charge in [0.25, 0.3) is 5.91 Å². The predicted octanol–water partition coefficient (Wildman–Crippen LogP) is 3.29. The number of carbonyl (C=O) groups is 1. The van der Waals surface area contributed by atoms with Crippen LogP contribution in [0.15, 0.2) is 48.5 Å². The van der Waals surface area contributed by atoms with Crippen molar-refractivity contribution in [3.8, 4) is 5.75 Å². The summed E-state index contributed by atoms with van der Waals surface area (Å²) in [5.41, 5.74) is 3.40. The Morgan fingerprint density at radius 3 is 2.50 bits per heavy atom. The number of aryl methyl sites for hydroxylation is 1. The molecular formula is C20H24N2O2. The van der Waals surface area contributed by atoms with Crippen LogP contribution in [0.1, 0.15) is 24.0 Å². The second kappa shape index (κ2) is 7.86. The minimum absolute atomic E-state index is 0.0384. The number of hydrogen-bond donors (Lipinski definition) is 1. The fourth-order valence-corrected chi connectivity index (χ4v) is 2.91. The van der Waals surface area contributed by atoms with Gasteiger partial charge in [0.1, 0.15) is 5.75 Å². The fraction of sp³-hybridized carbons (Fsp3) is 0.350. The Kier molecular flexibility index (Phi) is 5.36. The number of para-hydroxylation sites is 1. The van der Waals surface area contributed by atoms with E-state index < -0.39 is 0 Å². The number of anilines is 1. The minimum Gasteiger partial charge on any atom is -0.484 e. The summed E-state index contributed by atoms with van der Waals surface area (Å²) in [5, 5.41) is 2.90. The normalized spacial score (nSPS) is 13.8. The number of amides is 1. The molecule has 0 spiro atoms. The number of ether oxygens (including phenoxy) is 1. The molecule has 0 aromatic heterocycles. The van der Waals surface area contributed by atoms with E-state index in [0.29, 0.717) is 6.54 Å². The number of benzene rings is 2. The van der Waals surface area contributed by atoms with Crippen molar-refractivity contribution in [3.05, 3.63) is 59.7 Å². The highest BCUT2D eigenvalue weighted by atomic mass is 16.5. The Morgan fingerprint density at radius 1 is 1.08 bits per heavy atom. The van der Waals surface area contributed by atoms with Crippen LogP contribution >= 0.6 is 0 Å². The molecule has 1 aliphatic heterocycles. The molecule has 1 amide bonds. The Labute approximate surface area is 143 Å². The summed E-state index contributed by atoms with van der Waals surface area (Å²) in [5.74, 6) is 0.643. The van der Waals surface area contributed by atoms with E-state index in [1.807, 2.05) is 31.2 Å². The lowest BCUT2D eigenvalue weighted by Gasteiger charge is -2.17. The quantitative estimate of drug-likeness (QED) is 0.886. The highest BCUT2D eigenvalue weighted by molar-refractivity contribution is 5.77. The molecule has 1 aliphatic rings. The summed E-state index contributed by atoms with van der Waals surface area (Å²) in [7, 11) is 0. The highest BCUT2D eigenvalue weighted by Gasteiger charge is 2.11. The Morgan fingerprint density at radius 2 is 1.79 bits per heavy atom. The molecule has 2 aromatic rings. The molecule has 2 aromatic carbocycles. The third kappa shape index (κ3) is 4.28. The molecule has 4 nitrogen and oxygen atoms in total. The molecule has 126 valence electrons. The second-order valence-corrected chi connectivity index (χ2v) is 6.19. The number of nitrogens with zero attached hydrogens (tertiary/aromatic N) is 1. The maximum Gasteiger partial charge on any atom is 0.258 e. The van der Waals surface area contributed by atoms with E-state index in [-0.39, 0.29) is 12.5 Å². The third-order valence-electron chi connectivity index (χ3n) is 4.35. The number of hydrogen-bond acceptors (Lipinski definition) is 3. The first-order chi connectivity index (χ1) is 11.7. The largest absolute Gasteiger partial charge is 0.484 e. The summed E-state index contributed by atoms with van der Waals surface area (Å²) in [4.78, 5) is 14.3. The van der Waals surface area contributed by atoms with Crippen molar-refractivity contribution in [2.75, 3.05) is 24.6 Å². The van der Waals surface area contributed by atoms with Gasteiger partial charge in [0.05, 0.1) is 0 Å². The predicted molar refractivity (Wildman–Crippen MR) is 96.4 cm³/mol. The van der Waals surface area contributed by atoms with Gasteiger partial charge in [-0.3, -0.25) is 4.79 Å². The molecule has 0 atom stereocenters. The van der Waals surface area contributed by atoms with E-state index in [1.54, 1.807) is 0 Å². The monoisotopic (exact) mass is 324 g/mol. The van der Waals surface area contributed by atoms with Crippen molar-refractivity contribution < 1.29 is 9.53 Å². The van der Waals surface area contributed by atoms with Gasteiger partial charge in [-0.15, -0.1) is 0 Å². The molecule has 0 aliphatic carbocycles. The first-order valence-corrected chi connectivity index (χ1v) is 8.51. The Balaban J connectivity index is 1.45. The zero-order valence-electron chi connectivity index (χ0n) is 14.1. The van der Waals surface area contributed by atoms with Gasteiger partial charge in [0.15, 0.2) is 6.61 Å². The van der Waals surface area contributed by atoms with Crippen molar-refractivity contribution in [1.29, 1.82) is 0 Å². The molecule has 4 heteroatoms. The summed E-state index contributed by atoms with van der Waals surface area (Å²) in [6, 6.07) is 16.1. The Hall–Kier alpha value is -2.49. The highest BCUT2D eigenvalue weighted by Crippen LogP contribution is 2.20. The van der Waals surface area contributed by atoms with E-state index in [4.69, 9.17) is 4.74 Å². The number of rotatable bonds is 6. The van der Waals surface area contributed by atoms with E-state index in [1.165, 1.54) is 18.5 Å². The number of nitrogens with one attached hydrogen (secondary N) is 1. The zero-order chi connectivity index (χ0) is 16.8. The van der Waals surface area contributed by atoms with Gasteiger partial charge in [-0.2, -0.15) is 0 Å². The van der Waals surface area contributed by atoms with Crippen LogP contribution in [0.3, 0.4) is 0 Å². The van der Waals surface area contributed by atoms with E-state index in [9.17, 15) is 4.79 Å². The molecule has 24 heavy (non-hydrogen) atoms. The second-order valence-electron chi connectivity index (χ2n) is 6.19. The molecule has 0 unspecified atom stereocenters. The van der Waals surface area contributed by atoms with Crippen molar-refractivity contribution in [2.24, 2.45) is 0 Å². The van der Waals surface area contributed by atoms with E-state index >= 15 is 0 Å². The van der Waals surface area contributed by atoms with Gasteiger partial charge in [0, 0.05) is 25.3 Å². The first kappa shape index (κ1) is 16.4. The van der Waals surface area contributed by atoms with Crippen molar-refractivity contribution >= 4 is 11.6 Å². The molecule has 3 rings (SSSR count). The van der Waals surface area contributed by atoms with Gasteiger partial charge in [-0.1, -0.05) is 30.3 Å².